The molecule has 8 heteroatoms. The van der Waals surface area contributed by atoms with E-state index in [1.54, 1.807) is 12.3 Å². The van der Waals surface area contributed by atoms with E-state index in [9.17, 15) is 13.6 Å². The molecule has 2 aliphatic heterocycles. The van der Waals surface area contributed by atoms with Crippen molar-refractivity contribution in [2.75, 3.05) is 24.6 Å². The number of benzene rings is 1. The molecule has 31 heavy (non-hydrogen) atoms. The van der Waals surface area contributed by atoms with E-state index in [0.717, 1.165) is 30.8 Å². The number of pyridine rings is 1. The Morgan fingerprint density at radius 2 is 1.90 bits per heavy atom. The summed E-state index contributed by atoms with van der Waals surface area (Å²) in [6, 6.07) is 9.87. The Bertz CT molecular complexity index is 1030. The molecule has 1 amide bonds. The van der Waals surface area contributed by atoms with Crippen molar-refractivity contribution in [1.29, 1.82) is 5.26 Å². The molecule has 0 spiro atoms. The number of rotatable bonds is 5. The summed E-state index contributed by atoms with van der Waals surface area (Å²) < 4.78 is 32.8. The maximum atomic E-state index is 13.6. The largest absolute Gasteiger partial charge is 0.360 e. The molecule has 2 unspecified atom stereocenters. The lowest BCUT2D eigenvalue weighted by Gasteiger charge is -2.41. The van der Waals surface area contributed by atoms with Crippen molar-refractivity contribution in [2.24, 2.45) is 0 Å². The molecule has 6 nitrogen and oxygen atoms in total. The number of piperazine rings is 1. The molecule has 1 saturated carbocycles. The van der Waals surface area contributed by atoms with E-state index in [-0.39, 0.29) is 24.6 Å². The second-order valence-corrected chi connectivity index (χ2v) is 8.52. The molecule has 160 valence electrons. The Balaban J connectivity index is 1.22. The summed E-state index contributed by atoms with van der Waals surface area (Å²) in [5, 5.41) is 8.97. The molecule has 2 saturated heterocycles. The summed E-state index contributed by atoms with van der Waals surface area (Å²) in [5.74, 6) is -1.04. The van der Waals surface area contributed by atoms with Crippen LogP contribution in [-0.2, 0) is 15.1 Å². The minimum Gasteiger partial charge on any atom is -0.360 e. The van der Waals surface area contributed by atoms with Gasteiger partial charge in [0, 0.05) is 31.4 Å². The third-order valence-corrected chi connectivity index (χ3v) is 6.60. The number of hydrogen-bond donors (Lipinski definition) is 0. The quantitative estimate of drug-likeness (QED) is 0.738. The molecular weight excluding hydrogens is 402 g/mol. The van der Waals surface area contributed by atoms with Gasteiger partial charge in [0.25, 0.3) is 0 Å². The van der Waals surface area contributed by atoms with Gasteiger partial charge in [0.1, 0.15) is 18.5 Å². The normalized spacial score (nSPS) is 23.5. The first kappa shape index (κ1) is 19.9. The molecule has 0 N–H and O–H groups in total. The molecule has 0 radical (unpaired) electrons. The predicted octanol–water partition coefficient (Wildman–Crippen LogP) is 3.12. The smallest absolute Gasteiger partial charge is 0.248 e. The molecular formula is C23H22F2N4O2. The van der Waals surface area contributed by atoms with E-state index >= 15 is 0 Å². The zero-order valence-electron chi connectivity index (χ0n) is 16.9. The van der Waals surface area contributed by atoms with Gasteiger partial charge >= 0.3 is 0 Å². The lowest BCUT2D eigenvalue weighted by Crippen LogP contribution is -2.56. The van der Waals surface area contributed by atoms with Crippen LogP contribution in [0.3, 0.4) is 0 Å². The van der Waals surface area contributed by atoms with E-state index < -0.39 is 17.2 Å². The maximum Gasteiger partial charge on any atom is 0.248 e. The van der Waals surface area contributed by atoms with Gasteiger partial charge in [-0.2, -0.15) is 5.26 Å². The lowest BCUT2D eigenvalue weighted by molar-refractivity contribution is -0.140. The number of anilines is 1. The lowest BCUT2D eigenvalue weighted by atomic mass is 10.1. The highest BCUT2D eigenvalue weighted by atomic mass is 19.2. The van der Waals surface area contributed by atoms with Crippen LogP contribution in [0.15, 0.2) is 36.5 Å². The summed E-state index contributed by atoms with van der Waals surface area (Å²) in [6.45, 7) is 1.12. The molecule has 5 rings (SSSR count). The number of halogens is 2. The van der Waals surface area contributed by atoms with Crippen molar-refractivity contribution in [3.05, 3.63) is 59.3 Å². The first-order valence-electron chi connectivity index (χ1n) is 10.5. The van der Waals surface area contributed by atoms with Crippen LogP contribution in [0.2, 0.25) is 0 Å². The standard InChI is InChI=1S/C23H22F2N4O2/c24-19-5-2-16(9-20(19)25)23(7-8-23)31-14-22(30)28-12-17-3-4-18(13-28)29(17)21-6-1-15(10-26)11-27-21/h1-2,5-6,9,11,17-18H,3-4,7-8,12-14H2. The van der Waals surface area contributed by atoms with Crippen LogP contribution in [-0.4, -0.2) is 47.6 Å². The monoisotopic (exact) mass is 424 g/mol. The second-order valence-electron chi connectivity index (χ2n) is 8.52. The first-order chi connectivity index (χ1) is 15.0. The van der Waals surface area contributed by atoms with Gasteiger partial charge in [0.2, 0.25) is 5.91 Å². The average molecular weight is 424 g/mol. The summed E-state index contributed by atoms with van der Waals surface area (Å²) >= 11 is 0. The van der Waals surface area contributed by atoms with Gasteiger partial charge in [-0.3, -0.25) is 4.79 Å². The highest BCUT2D eigenvalue weighted by Gasteiger charge is 2.47. The van der Waals surface area contributed by atoms with Gasteiger partial charge in [0.15, 0.2) is 11.6 Å². The van der Waals surface area contributed by atoms with E-state index in [1.807, 2.05) is 11.0 Å². The number of likely N-dealkylation sites (tertiary alicyclic amines) is 1. The van der Waals surface area contributed by atoms with Crippen molar-refractivity contribution < 1.29 is 18.3 Å². The van der Waals surface area contributed by atoms with Crippen molar-refractivity contribution in [1.82, 2.24) is 9.88 Å². The highest BCUT2D eigenvalue weighted by molar-refractivity contribution is 5.78. The fourth-order valence-corrected chi connectivity index (χ4v) is 4.79. The fourth-order valence-electron chi connectivity index (χ4n) is 4.79. The minimum absolute atomic E-state index is 0.0758. The number of aromatic nitrogens is 1. The number of carbonyl (C=O) groups excluding carboxylic acids is 1. The number of nitriles is 1. The van der Waals surface area contributed by atoms with Gasteiger partial charge in [-0.25, -0.2) is 13.8 Å². The summed E-state index contributed by atoms with van der Waals surface area (Å²) in [5.41, 5.74) is 0.422. The number of amides is 1. The summed E-state index contributed by atoms with van der Waals surface area (Å²) in [6.07, 6.45) is 4.92. The van der Waals surface area contributed by atoms with Crippen LogP contribution in [0.1, 0.15) is 36.8 Å². The number of ether oxygens (including phenoxy) is 1. The van der Waals surface area contributed by atoms with E-state index in [0.29, 0.717) is 37.1 Å². The number of nitrogens with zero attached hydrogens (tertiary/aromatic N) is 4. The van der Waals surface area contributed by atoms with Crippen LogP contribution < -0.4 is 4.90 Å². The molecule has 3 aliphatic rings. The van der Waals surface area contributed by atoms with Gasteiger partial charge in [0.05, 0.1) is 11.2 Å². The maximum absolute atomic E-state index is 13.6. The Morgan fingerprint density at radius 1 is 1.16 bits per heavy atom. The minimum atomic E-state index is -0.900. The van der Waals surface area contributed by atoms with Crippen molar-refractivity contribution in [3.63, 3.8) is 0 Å². The molecule has 2 atom stereocenters. The average Bonchev–Trinajstić information content (AvgIpc) is 3.53. The molecule has 1 aliphatic carbocycles. The van der Waals surface area contributed by atoms with Gasteiger partial charge in [-0.15, -0.1) is 0 Å². The van der Waals surface area contributed by atoms with E-state index in [1.165, 1.54) is 6.07 Å². The van der Waals surface area contributed by atoms with Crippen LogP contribution in [0.4, 0.5) is 14.6 Å². The molecule has 3 fully saturated rings. The number of hydrogen-bond acceptors (Lipinski definition) is 5. The molecule has 3 heterocycles. The molecule has 1 aromatic carbocycles. The van der Waals surface area contributed by atoms with Crippen LogP contribution in [0, 0.1) is 23.0 Å². The Hall–Kier alpha value is -3.05. The Kier molecular flexibility index (Phi) is 4.86. The van der Waals surface area contributed by atoms with Gasteiger partial charge in [-0.05, 0) is 55.5 Å². The predicted molar refractivity (Wildman–Crippen MR) is 108 cm³/mol. The van der Waals surface area contributed by atoms with Crippen LogP contribution in [0.25, 0.3) is 0 Å². The van der Waals surface area contributed by atoms with E-state index in [4.69, 9.17) is 10.00 Å². The zero-order valence-corrected chi connectivity index (χ0v) is 16.9. The van der Waals surface area contributed by atoms with Crippen molar-refractivity contribution in [2.45, 2.75) is 43.4 Å². The molecule has 1 aromatic heterocycles. The van der Waals surface area contributed by atoms with Gasteiger partial charge < -0.3 is 14.5 Å². The second kappa shape index (κ2) is 7.57. The first-order valence-corrected chi connectivity index (χ1v) is 10.5. The topological polar surface area (TPSA) is 69.5 Å². The SMILES string of the molecule is N#Cc1ccc(N2C3CCC2CN(C(=O)COC2(c4ccc(F)c(F)c4)CC2)C3)nc1. The Labute approximate surface area is 179 Å². The summed E-state index contributed by atoms with van der Waals surface area (Å²) in [7, 11) is 0. The van der Waals surface area contributed by atoms with Crippen LogP contribution >= 0.6 is 0 Å². The third kappa shape index (κ3) is 3.63. The molecule has 2 bridgehead atoms. The Morgan fingerprint density at radius 3 is 2.48 bits per heavy atom. The van der Waals surface area contributed by atoms with Gasteiger partial charge in [-0.1, -0.05) is 6.07 Å². The molecule has 2 aromatic rings. The van der Waals surface area contributed by atoms with Crippen molar-refractivity contribution >= 4 is 11.7 Å². The third-order valence-electron chi connectivity index (χ3n) is 6.60. The fraction of sp³-hybridized carbons (Fsp3) is 0.435. The zero-order chi connectivity index (χ0) is 21.6. The summed E-state index contributed by atoms with van der Waals surface area (Å²) in [4.78, 5) is 21.4. The highest BCUT2D eigenvalue weighted by Crippen LogP contribution is 2.49. The number of fused-ring (bicyclic) bond motifs is 2. The number of carbonyl (C=O) groups is 1. The van der Waals surface area contributed by atoms with Crippen molar-refractivity contribution in [3.8, 4) is 6.07 Å². The van der Waals surface area contributed by atoms with Crippen LogP contribution in [0.5, 0.6) is 0 Å². The van der Waals surface area contributed by atoms with E-state index in [2.05, 4.69) is 16.0 Å².